The molecule has 1 unspecified atom stereocenters. The largest absolute Gasteiger partial charge is 0.0925 e. The van der Waals surface area contributed by atoms with E-state index in [1.165, 1.54) is 29.5 Å². The lowest BCUT2D eigenvalue weighted by molar-refractivity contribution is 0.573. The van der Waals surface area contributed by atoms with Gasteiger partial charge in [0, 0.05) is 5.33 Å². The average Bonchev–Trinajstić information content (AvgIpc) is 2.19. The van der Waals surface area contributed by atoms with Crippen LogP contribution in [0.3, 0.4) is 0 Å². The molecule has 1 aromatic rings. The van der Waals surface area contributed by atoms with E-state index in [1.807, 2.05) is 0 Å². The Hall–Kier alpha value is -0.300. The molecule has 0 N–H and O–H groups in total. The molecule has 1 aromatic carbocycles. The fourth-order valence-electron chi connectivity index (χ4n) is 1.57. The third-order valence-corrected chi connectivity index (χ3v) is 3.81. The van der Waals surface area contributed by atoms with Gasteiger partial charge in [0.2, 0.25) is 0 Å². The zero-order valence-electron chi connectivity index (χ0n) is 9.31. The highest BCUT2D eigenvalue weighted by atomic mass is 79.9. The van der Waals surface area contributed by atoms with E-state index in [4.69, 9.17) is 0 Å². The standard InChI is InChI=1S/C13H19Br/c1-4-12(9-14)8-13-6-5-10(2)11(3)7-13/h5-7,12H,4,8-9H2,1-3H3. The predicted molar refractivity (Wildman–Crippen MR) is 67.2 cm³/mol. The second-order valence-corrected chi connectivity index (χ2v) is 4.70. The Morgan fingerprint density at radius 3 is 2.43 bits per heavy atom. The van der Waals surface area contributed by atoms with Crippen LogP contribution in [0, 0.1) is 19.8 Å². The minimum Gasteiger partial charge on any atom is -0.0925 e. The minimum atomic E-state index is 0.775. The van der Waals surface area contributed by atoms with Crippen LogP contribution in [0.2, 0.25) is 0 Å². The second kappa shape index (κ2) is 5.55. The molecule has 0 aliphatic heterocycles. The van der Waals surface area contributed by atoms with Gasteiger partial charge >= 0.3 is 0 Å². The summed E-state index contributed by atoms with van der Waals surface area (Å²) < 4.78 is 0. The molecule has 0 spiro atoms. The quantitative estimate of drug-likeness (QED) is 0.705. The summed E-state index contributed by atoms with van der Waals surface area (Å²) in [4.78, 5) is 0. The van der Waals surface area contributed by atoms with Crippen molar-refractivity contribution in [3.05, 3.63) is 34.9 Å². The van der Waals surface area contributed by atoms with Crippen molar-refractivity contribution in [2.75, 3.05) is 5.33 Å². The summed E-state index contributed by atoms with van der Waals surface area (Å²) in [6.45, 7) is 6.61. The molecular formula is C13H19Br. The maximum atomic E-state index is 3.57. The summed E-state index contributed by atoms with van der Waals surface area (Å²) in [6.07, 6.45) is 2.45. The van der Waals surface area contributed by atoms with E-state index in [9.17, 15) is 0 Å². The molecule has 0 nitrogen and oxygen atoms in total. The molecule has 0 aliphatic carbocycles. The summed E-state index contributed by atoms with van der Waals surface area (Å²) in [5, 5.41) is 1.11. The number of benzene rings is 1. The molecule has 0 saturated carbocycles. The average molecular weight is 255 g/mol. The van der Waals surface area contributed by atoms with E-state index in [0.29, 0.717) is 0 Å². The van der Waals surface area contributed by atoms with E-state index in [0.717, 1.165) is 11.2 Å². The van der Waals surface area contributed by atoms with Crippen molar-refractivity contribution in [1.29, 1.82) is 0 Å². The molecule has 0 amide bonds. The highest BCUT2D eigenvalue weighted by molar-refractivity contribution is 9.09. The van der Waals surface area contributed by atoms with Crippen molar-refractivity contribution in [3.63, 3.8) is 0 Å². The number of hydrogen-bond acceptors (Lipinski definition) is 0. The van der Waals surface area contributed by atoms with Crippen molar-refractivity contribution in [2.45, 2.75) is 33.6 Å². The van der Waals surface area contributed by atoms with Gasteiger partial charge in [0.05, 0.1) is 0 Å². The fourth-order valence-corrected chi connectivity index (χ4v) is 2.26. The molecule has 14 heavy (non-hydrogen) atoms. The Morgan fingerprint density at radius 2 is 1.93 bits per heavy atom. The van der Waals surface area contributed by atoms with Crippen LogP contribution in [0.25, 0.3) is 0 Å². The monoisotopic (exact) mass is 254 g/mol. The van der Waals surface area contributed by atoms with Crippen LogP contribution in [0.15, 0.2) is 18.2 Å². The molecule has 0 bridgehead atoms. The van der Waals surface area contributed by atoms with Crippen LogP contribution >= 0.6 is 15.9 Å². The van der Waals surface area contributed by atoms with Crippen LogP contribution in [-0.2, 0) is 6.42 Å². The SMILES string of the molecule is CCC(CBr)Cc1ccc(C)c(C)c1. The Kier molecular flexibility index (Phi) is 4.67. The Bertz CT molecular complexity index is 287. The second-order valence-electron chi connectivity index (χ2n) is 4.05. The third-order valence-electron chi connectivity index (χ3n) is 2.89. The van der Waals surface area contributed by atoms with Crippen LogP contribution < -0.4 is 0 Å². The van der Waals surface area contributed by atoms with Gasteiger partial charge in [0.25, 0.3) is 0 Å². The molecule has 0 radical (unpaired) electrons. The van der Waals surface area contributed by atoms with E-state index in [2.05, 4.69) is 54.9 Å². The van der Waals surface area contributed by atoms with Crippen LogP contribution in [0.1, 0.15) is 30.0 Å². The number of rotatable bonds is 4. The first-order valence-corrected chi connectivity index (χ1v) is 6.41. The molecule has 1 heteroatoms. The van der Waals surface area contributed by atoms with Gasteiger partial charge in [-0.15, -0.1) is 0 Å². The summed E-state index contributed by atoms with van der Waals surface area (Å²) in [5.41, 5.74) is 4.27. The smallest absolute Gasteiger partial charge is 0.00627 e. The molecule has 0 fully saturated rings. The molecule has 0 aromatic heterocycles. The number of halogens is 1. The zero-order chi connectivity index (χ0) is 10.6. The summed E-state index contributed by atoms with van der Waals surface area (Å²) in [7, 11) is 0. The lowest BCUT2D eigenvalue weighted by Crippen LogP contribution is -2.04. The van der Waals surface area contributed by atoms with Gasteiger partial charge in [0.15, 0.2) is 0 Å². The van der Waals surface area contributed by atoms with E-state index in [1.54, 1.807) is 0 Å². The summed E-state index contributed by atoms with van der Waals surface area (Å²) >= 11 is 3.57. The Labute approximate surface area is 95.9 Å². The van der Waals surface area contributed by atoms with Crippen LogP contribution in [-0.4, -0.2) is 5.33 Å². The number of alkyl halides is 1. The van der Waals surface area contributed by atoms with Gasteiger partial charge in [-0.2, -0.15) is 0 Å². The van der Waals surface area contributed by atoms with Crippen LogP contribution in [0.5, 0.6) is 0 Å². The number of aryl methyl sites for hydroxylation is 2. The maximum Gasteiger partial charge on any atom is 0.00627 e. The highest BCUT2D eigenvalue weighted by Gasteiger charge is 2.05. The lowest BCUT2D eigenvalue weighted by Gasteiger charge is -2.12. The first-order valence-electron chi connectivity index (χ1n) is 5.29. The van der Waals surface area contributed by atoms with Gasteiger partial charge < -0.3 is 0 Å². The van der Waals surface area contributed by atoms with Crippen molar-refractivity contribution in [1.82, 2.24) is 0 Å². The lowest BCUT2D eigenvalue weighted by atomic mass is 9.96. The first-order chi connectivity index (χ1) is 6.67. The van der Waals surface area contributed by atoms with Gasteiger partial charge in [-0.25, -0.2) is 0 Å². The van der Waals surface area contributed by atoms with Crippen molar-refractivity contribution in [2.24, 2.45) is 5.92 Å². The van der Waals surface area contributed by atoms with Crippen molar-refractivity contribution in [3.8, 4) is 0 Å². The van der Waals surface area contributed by atoms with Crippen LogP contribution in [0.4, 0.5) is 0 Å². The van der Waals surface area contributed by atoms with Gasteiger partial charge in [-0.3, -0.25) is 0 Å². The molecule has 1 atom stereocenters. The fraction of sp³-hybridized carbons (Fsp3) is 0.538. The van der Waals surface area contributed by atoms with Crippen molar-refractivity contribution >= 4 is 15.9 Å². The van der Waals surface area contributed by atoms with E-state index < -0.39 is 0 Å². The third kappa shape index (κ3) is 3.13. The van der Waals surface area contributed by atoms with E-state index >= 15 is 0 Å². The zero-order valence-corrected chi connectivity index (χ0v) is 10.9. The minimum absolute atomic E-state index is 0.775. The topological polar surface area (TPSA) is 0 Å². The molecular weight excluding hydrogens is 236 g/mol. The van der Waals surface area contributed by atoms with Gasteiger partial charge in [0.1, 0.15) is 0 Å². The first kappa shape index (κ1) is 11.8. The highest BCUT2D eigenvalue weighted by Crippen LogP contribution is 2.17. The Balaban J connectivity index is 2.72. The molecule has 78 valence electrons. The molecule has 0 heterocycles. The Morgan fingerprint density at radius 1 is 1.21 bits per heavy atom. The summed E-state index contributed by atoms with van der Waals surface area (Å²) in [5.74, 6) is 0.775. The summed E-state index contributed by atoms with van der Waals surface area (Å²) in [6, 6.07) is 6.81. The van der Waals surface area contributed by atoms with Gasteiger partial charge in [-0.05, 0) is 42.9 Å². The van der Waals surface area contributed by atoms with Crippen molar-refractivity contribution < 1.29 is 0 Å². The number of hydrogen-bond donors (Lipinski definition) is 0. The molecule has 0 aliphatic rings. The molecule has 1 rings (SSSR count). The maximum absolute atomic E-state index is 3.57. The normalized spacial score (nSPS) is 12.9. The molecule has 0 saturated heterocycles. The predicted octanol–water partition coefficient (Wildman–Crippen LogP) is 4.27. The van der Waals surface area contributed by atoms with E-state index in [-0.39, 0.29) is 0 Å². The van der Waals surface area contributed by atoms with Gasteiger partial charge in [-0.1, -0.05) is 47.5 Å².